The minimum Gasteiger partial charge on any atom is -0.481 e. The zero-order chi connectivity index (χ0) is 22.9. The lowest BCUT2D eigenvalue weighted by atomic mass is 9.87. The number of aliphatic carboxylic acids is 2. The number of benzene rings is 1. The molecule has 2 rings (SSSR count). The first-order valence-electron chi connectivity index (χ1n) is 12.2. The lowest BCUT2D eigenvalue weighted by Crippen LogP contribution is -2.23. The van der Waals surface area contributed by atoms with Gasteiger partial charge in [-0.3, -0.25) is 9.59 Å². The van der Waals surface area contributed by atoms with Gasteiger partial charge < -0.3 is 10.2 Å². The molecule has 4 heteroatoms. The summed E-state index contributed by atoms with van der Waals surface area (Å²) in [6.07, 6.45) is 14.4. The second-order valence-electron chi connectivity index (χ2n) is 10.4. The smallest absolute Gasteiger partial charge is 0.309 e. The van der Waals surface area contributed by atoms with Crippen molar-refractivity contribution in [1.29, 1.82) is 0 Å². The molecule has 1 aliphatic rings. The van der Waals surface area contributed by atoms with E-state index in [9.17, 15) is 19.8 Å². The number of hydrogen-bond acceptors (Lipinski definition) is 2. The molecule has 0 saturated heterocycles. The van der Waals surface area contributed by atoms with Crippen molar-refractivity contribution >= 4 is 11.9 Å². The highest BCUT2D eigenvalue weighted by Gasteiger charge is 2.49. The molecule has 0 heterocycles. The quantitative estimate of drug-likeness (QED) is 0.278. The van der Waals surface area contributed by atoms with E-state index in [1.807, 2.05) is 13.8 Å². The third-order valence-electron chi connectivity index (χ3n) is 7.10. The number of carboxylic acids is 2. The summed E-state index contributed by atoms with van der Waals surface area (Å²) in [7, 11) is 0. The molecule has 1 fully saturated rings. The largest absolute Gasteiger partial charge is 0.481 e. The number of unbranched alkanes of at least 4 members (excludes halogenated alkanes) is 6. The molecule has 2 N–H and O–H groups in total. The molecule has 0 aromatic heterocycles. The van der Waals surface area contributed by atoms with Gasteiger partial charge in [-0.2, -0.15) is 0 Å². The summed E-state index contributed by atoms with van der Waals surface area (Å²) in [5.41, 5.74) is 3.25. The summed E-state index contributed by atoms with van der Waals surface area (Å²) >= 11 is 0. The maximum absolute atomic E-state index is 11.2. The van der Waals surface area contributed by atoms with Crippen LogP contribution in [0.5, 0.6) is 0 Å². The minimum absolute atomic E-state index is 0.368. The Balaban J connectivity index is 1.65. The Morgan fingerprint density at radius 1 is 0.871 bits per heavy atom. The van der Waals surface area contributed by atoms with Gasteiger partial charge in [-0.05, 0) is 83.3 Å². The van der Waals surface area contributed by atoms with Crippen molar-refractivity contribution in [2.24, 2.45) is 10.8 Å². The zero-order valence-corrected chi connectivity index (χ0v) is 19.8. The summed E-state index contributed by atoms with van der Waals surface area (Å²) in [4.78, 5) is 22.4. The minimum atomic E-state index is -0.703. The summed E-state index contributed by atoms with van der Waals surface area (Å²) in [5, 5.41) is 18.5. The normalized spacial score (nSPS) is 15.1. The molecule has 1 saturated carbocycles. The van der Waals surface area contributed by atoms with Gasteiger partial charge in [-0.1, -0.05) is 62.3 Å². The van der Waals surface area contributed by atoms with Crippen molar-refractivity contribution in [2.45, 2.75) is 111 Å². The van der Waals surface area contributed by atoms with Crippen LogP contribution in [0.1, 0.15) is 108 Å². The molecule has 0 spiro atoms. The average Bonchev–Trinajstić information content (AvgIpc) is 3.49. The van der Waals surface area contributed by atoms with E-state index in [-0.39, 0.29) is 5.41 Å². The van der Waals surface area contributed by atoms with Gasteiger partial charge in [-0.25, -0.2) is 0 Å². The first kappa shape index (κ1) is 25.4. The predicted octanol–water partition coefficient (Wildman–Crippen LogP) is 6.96. The van der Waals surface area contributed by atoms with Crippen molar-refractivity contribution in [3.63, 3.8) is 0 Å². The fourth-order valence-electron chi connectivity index (χ4n) is 4.43. The molecule has 174 valence electrons. The van der Waals surface area contributed by atoms with Gasteiger partial charge in [0, 0.05) is 0 Å². The van der Waals surface area contributed by atoms with Crippen LogP contribution in [-0.4, -0.2) is 22.2 Å². The van der Waals surface area contributed by atoms with Crippen LogP contribution in [-0.2, 0) is 22.4 Å². The van der Waals surface area contributed by atoms with Gasteiger partial charge in [-0.15, -0.1) is 0 Å². The van der Waals surface area contributed by atoms with Crippen LogP contribution in [0.15, 0.2) is 18.2 Å². The van der Waals surface area contributed by atoms with Crippen molar-refractivity contribution in [3.8, 4) is 0 Å². The Hall–Kier alpha value is -1.84. The van der Waals surface area contributed by atoms with Crippen LogP contribution < -0.4 is 0 Å². The van der Waals surface area contributed by atoms with Gasteiger partial charge >= 0.3 is 11.9 Å². The predicted molar refractivity (Wildman–Crippen MR) is 125 cm³/mol. The molecule has 0 atom stereocenters. The van der Waals surface area contributed by atoms with E-state index >= 15 is 0 Å². The third kappa shape index (κ3) is 8.31. The number of carboxylic acid groups (broad SMARTS) is 2. The van der Waals surface area contributed by atoms with Gasteiger partial charge in [0.15, 0.2) is 0 Å². The van der Waals surface area contributed by atoms with Crippen molar-refractivity contribution < 1.29 is 19.8 Å². The maximum atomic E-state index is 11.2. The number of aryl methyl sites for hydroxylation is 3. The number of carbonyl (C=O) groups is 2. The van der Waals surface area contributed by atoms with E-state index in [1.165, 1.54) is 29.5 Å². The van der Waals surface area contributed by atoms with E-state index < -0.39 is 17.4 Å². The fourth-order valence-corrected chi connectivity index (χ4v) is 4.43. The van der Waals surface area contributed by atoms with E-state index in [1.54, 1.807) is 0 Å². The molecule has 0 unspecified atom stereocenters. The maximum Gasteiger partial charge on any atom is 0.309 e. The zero-order valence-electron chi connectivity index (χ0n) is 19.8. The Morgan fingerprint density at radius 3 is 2.03 bits per heavy atom. The third-order valence-corrected chi connectivity index (χ3v) is 7.10. The van der Waals surface area contributed by atoms with Crippen LogP contribution in [0.2, 0.25) is 0 Å². The van der Waals surface area contributed by atoms with Gasteiger partial charge in [0.05, 0.1) is 10.8 Å². The van der Waals surface area contributed by atoms with Crippen molar-refractivity contribution in [3.05, 3.63) is 34.9 Å². The SMILES string of the molecule is Cc1ccc(CCCCCCC2(C(=O)O)CC2)c(CCCCCCC(C)(C)C(=O)O)c1. The molecule has 0 radical (unpaired) electrons. The molecule has 4 nitrogen and oxygen atoms in total. The van der Waals surface area contributed by atoms with E-state index in [0.29, 0.717) is 0 Å². The summed E-state index contributed by atoms with van der Waals surface area (Å²) < 4.78 is 0. The average molecular weight is 431 g/mol. The molecule has 0 bridgehead atoms. The summed E-state index contributed by atoms with van der Waals surface area (Å²) in [6.45, 7) is 5.77. The Labute approximate surface area is 188 Å². The number of rotatable bonds is 16. The lowest BCUT2D eigenvalue weighted by molar-refractivity contribution is -0.147. The van der Waals surface area contributed by atoms with Crippen LogP contribution in [0.4, 0.5) is 0 Å². The monoisotopic (exact) mass is 430 g/mol. The topological polar surface area (TPSA) is 74.6 Å². The first-order chi connectivity index (χ1) is 14.7. The highest BCUT2D eigenvalue weighted by atomic mass is 16.4. The van der Waals surface area contributed by atoms with Crippen molar-refractivity contribution in [2.75, 3.05) is 0 Å². The second-order valence-corrected chi connectivity index (χ2v) is 10.4. The van der Waals surface area contributed by atoms with Crippen LogP contribution in [0.25, 0.3) is 0 Å². The standard InChI is InChI=1S/C27H42O4/c1-21-14-15-22(12-8-5-7-11-17-27(18-19-27)25(30)31)23(20-21)13-9-4-6-10-16-26(2,3)24(28)29/h14-15,20H,4-13,16-19H2,1-3H3,(H,28,29)(H,30,31). The van der Waals surface area contributed by atoms with Crippen LogP contribution >= 0.6 is 0 Å². The Morgan fingerprint density at radius 2 is 1.45 bits per heavy atom. The Kier molecular flexibility index (Phi) is 9.58. The fraction of sp³-hybridized carbons (Fsp3) is 0.704. The highest BCUT2D eigenvalue weighted by molar-refractivity contribution is 5.77. The first-order valence-corrected chi connectivity index (χ1v) is 12.2. The van der Waals surface area contributed by atoms with E-state index in [0.717, 1.165) is 77.0 Å². The van der Waals surface area contributed by atoms with Crippen LogP contribution in [0.3, 0.4) is 0 Å². The van der Waals surface area contributed by atoms with E-state index in [2.05, 4.69) is 25.1 Å². The molecule has 1 aromatic rings. The van der Waals surface area contributed by atoms with Crippen LogP contribution in [0, 0.1) is 17.8 Å². The van der Waals surface area contributed by atoms with Gasteiger partial charge in [0.2, 0.25) is 0 Å². The molecular formula is C27H42O4. The highest BCUT2D eigenvalue weighted by Crippen LogP contribution is 2.50. The molecule has 1 aliphatic carbocycles. The molecule has 0 aliphatic heterocycles. The molecule has 31 heavy (non-hydrogen) atoms. The van der Waals surface area contributed by atoms with Crippen molar-refractivity contribution in [1.82, 2.24) is 0 Å². The summed E-state index contributed by atoms with van der Waals surface area (Å²) in [5.74, 6) is -1.30. The number of hydrogen-bond donors (Lipinski definition) is 2. The Bertz CT molecular complexity index is 731. The lowest BCUT2D eigenvalue weighted by Gasteiger charge is -2.18. The second kappa shape index (κ2) is 11.7. The molecule has 0 amide bonds. The summed E-state index contributed by atoms with van der Waals surface area (Å²) in [6, 6.07) is 6.81. The van der Waals surface area contributed by atoms with Gasteiger partial charge in [0.1, 0.15) is 0 Å². The van der Waals surface area contributed by atoms with Gasteiger partial charge in [0.25, 0.3) is 0 Å². The van der Waals surface area contributed by atoms with E-state index in [4.69, 9.17) is 0 Å². The molecule has 1 aromatic carbocycles. The molecular weight excluding hydrogens is 388 g/mol.